The Labute approximate surface area is 91.0 Å². The summed E-state index contributed by atoms with van der Waals surface area (Å²) in [6.45, 7) is 1.50. The van der Waals surface area contributed by atoms with Crippen molar-refractivity contribution in [2.24, 2.45) is 0 Å². The minimum atomic E-state index is -0.714. The Morgan fingerprint density at radius 1 is 1.57 bits per heavy atom. The molecule has 0 fully saturated rings. The molecule has 0 saturated carbocycles. The molecule has 1 atom stereocenters. The summed E-state index contributed by atoms with van der Waals surface area (Å²) < 4.78 is 13.1. The second-order valence-electron chi connectivity index (χ2n) is 2.73. The molecule has 1 amide bonds. The zero-order valence-corrected chi connectivity index (χ0v) is 8.86. The van der Waals surface area contributed by atoms with Crippen LogP contribution in [0.1, 0.15) is 6.92 Å². The number of hydrogen-bond acceptors (Lipinski definition) is 1. The van der Waals surface area contributed by atoms with Gasteiger partial charge in [-0.3, -0.25) is 4.79 Å². The van der Waals surface area contributed by atoms with Crippen LogP contribution in [0.3, 0.4) is 0 Å². The monoisotopic (exact) mass is 235 g/mol. The van der Waals surface area contributed by atoms with Gasteiger partial charge in [0.1, 0.15) is 11.2 Å². The van der Waals surface area contributed by atoms with Gasteiger partial charge in [-0.25, -0.2) is 4.39 Å². The normalized spacial score (nSPS) is 12.3. The lowest BCUT2D eigenvalue weighted by atomic mass is 10.3. The Bertz CT molecular complexity index is 355. The van der Waals surface area contributed by atoms with Gasteiger partial charge in [-0.1, -0.05) is 11.6 Å². The molecule has 0 aliphatic rings. The Kier molecular flexibility index (Phi) is 3.72. The van der Waals surface area contributed by atoms with Crippen LogP contribution in [0.15, 0.2) is 18.2 Å². The third-order valence-electron chi connectivity index (χ3n) is 1.55. The number of halogens is 3. The van der Waals surface area contributed by atoms with Gasteiger partial charge in [-0.15, -0.1) is 11.6 Å². The van der Waals surface area contributed by atoms with Crippen molar-refractivity contribution in [3.63, 3.8) is 0 Å². The van der Waals surface area contributed by atoms with E-state index in [-0.39, 0.29) is 5.69 Å². The predicted octanol–water partition coefficient (Wildman–Crippen LogP) is 3.04. The first kappa shape index (κ1) is 11.3. The average molecular weight is 236 g/mol. The SMILES string of the molecule is C[C@H](Cl)C(=O)Nc1cc(Cl)ccc1F. The molecule has 1 rings (SSSR count). The second kappa shape index (κ2) is 4.62. The molecule has 0 heterocycles. The molecule has 0 aliphatic heterocycles. The Hall–Kier alpha value is -0.800. The fourth-order valence-electron chi connectivity index (χ4n) is 0.825. The summed E-state index contributed by atoms with van der Waals surface area (Å²) in [4.78, 5) is 11.1. The number of hydrogen-bond donors (Lipinski definition) is 1. The van der Waals surface area contributed by atoms with Gasteiger partial charge in [0.25, 0.3) is 0 Å². The fourth-order valence-corrected chi connectivity index (χ4v) is 1.05. The lowest BCUT2D eigenvalue weighted by Gasteiger charge is -2.07. The van der Waals surface area contributed by atoms with E-state index in [1.165, 1.54) is 25.1 Å². The highest BCUT2D eigenvalue weighted by Gasteiger charge is 2.11. The van der Waals surface area contributed by atoms with Crippen LogP contribution in [0.25, 0.3) is 0 Å². The van der Waals surface area contributed by atoms with Crippen LogP contribution >= 0.6 is 23.2 Å². The molecule has 14 heavy (non-hydrogen) atoms. The third-order valence-corrected chi connectivity index (χ3v) is 1.98. The summed E-state index contributed by atoms with van der Waals surface area (Å²) in [6.07, 6.45) is 0. The minimum Gasteiger partial charge on any atom is -0.322 e. The van der Waals surface area contributed by atoms with Crippen molar-refractivity contribution in [3.8, 4) is 0 Å². The van der Waals surface area contributed by atoms with Gasteiger partial charge in [-0.2, -0.15) is 0 Å². The average Bonchev–Trinajstić information content (AvgIpc) is 2.11. The number of rotatable bonds is 2. The second-order valence-corrected chi connectivity index (χ2v) is 3.82. The fraction of sp³-hybridized carbons (Fsp3) is 0.222. The summed E-state index contributed by atoms with van der Waals surface area (Å²) in [7, 11) is 0. The number of carbonyl (C=O) groups excluding carboxylic acids is 1. The van der Waals surface area contributed by atoms with Crippen molar-refractivity contribution < 1.29 is 9.18 Å². The quantitative estimate of drug-likeness (QED) is 0.785. The van der Waals surface area contributed by atoms with Gasteiger partial charge >= 0.3 is 0 Å². The number of nitrogens with one attached hydrogen (secondary N) is 1. The maximum Gasteiger partial charge on any atom is 0.242 e. The summed E-state index contributed by atoms with van der Waals surface area (Å²) >= 11 is 11.1. The van der Waals surface area contributed by atoms with Crippen LogP contribution in [-0.2, 0) is 4.79 Å². The van der Waals surface area contributed by atoms with E-state index in [0.717, 1.165) is 0 Å². The summed E-state index contributed by atoms with van der Waals surface area (Å²) in [6, 6.07) is 3.90. The van der Waals surface area contributed by atoms with Crippen molar-refractivity contribution in [1.82, 2.24) is 0 Å². The van der Waals surface area contributed by atoms with Gasteiger partial charge < -0.3 is 5.32 Å². The number of benzene rings is 1. The Morgan fingerprint density at radius 2 is 2.21 bits per heavy atom. The molecule has 1 aromatic rings. The van der Waals surface area contributed by atoms with E-state index in [2.05, 4.69) is 5.32 Å². The zero-order valence-electron chi connectivity index (χ0n) is 7.35. The third kappa shape index (κ3) is 2.86. The van der Waals surface area contributed by atoms with E-state index in [0.29, 0.717) is 5.02 Å². The van der Waals surface area contributed by atoms with Crippen LogP contribution in [0, 0.1) is 5.82 Å². The first-order chi connectivity index (χ1) is 6.50. The molecular weight excluding hydrogens is 228 g/mol. The van der Waals surface area contributed by atoms with Crippen molar-refractivity contribution in [1.29, 1.82) is 0 Å². The maximum atomic E-state index is 13.1. The molecule has 0 radical (unpaired) electrons. The van der Waals surface area contributed by atoms with Crippen molar-refractivity contribution in [3.05, 3.63) is 29.0 Å². The first-order valence-corrected chi connectivity index (χ1v) is 4.72. The standard InChI is InChI=1S/C9H8Cl2FNO/c1-5(10)9(14)13-8-4-6(11)2-3-7(8)12/h2-5H,1H3,(H,13,14)/t5-/m0/s1. The molecule has 2 nitrogen and oxygen atoms in total. The number of carbonyl (C=O) groups is 1. The van der Waals surface area contributed by atoms with Crippen molar-refractivity contribution in [2.45, 2.75) is 12.3 Å². The molecule has 0 bridgehead atoms. The van der Waals surface area contributed by atoms with Crippen molar-refractivity contribution in [2.75, 3.05) is 5.32 Å². The smallest absolute Gasteiger partial charge is 0.242 e. The van der Waals surface area contributed by atoms with Gasteiger partial charge in [-0.05, 0) is 25.1 Å². The van der Waals surface area contributed by atoms with Gasteiger partial charge in [0.05, 0.1) is 5.69 Å². The first-order valence-electron chi connectivity index (χ1n) is 3.90. The highest BCUT2D eigenvalue weighted by atomic mass is 35.5. The molecule has 1 N–H and O–H groups in total. The molecule has 76 valence electrons. The zero-order chi connectivity index (χ0) is 10.7. The van der Waals surface area contributed by atoms with E-state index >= 15 is 0 Å². The molecule has 1 aromatic carbocycles. The molecule has 0 aliphatic carbocycles. The molecule has 0 aromatic heterocycles. The molecule has 0 spiro atoms. The molecular formula is C9H8Cl2FNO. The van der Waals surface area contributed by atoms with Crippen LogP contribution in [-0.4, -0.2) is 11.3 Å². The van der Waals surface area contributed by atoms with E-state index in [9.17, 15) is 9.18 Å². The lowest BCUT2D eigenvalue weighted by Crippen LogP contribution is -2.20. The van der Waals surface area contributed by atoms with E-state index in [1.54, 1.807) is 0 Å². The number of anilines is 1. The van der Waals surface area contributed by atoms with E-state index < -0.39 is 17.1 Å². The topological polar surface area (TPSA) is 29.1 Å². The maximum absolute atomic E-state index is 13.1. The van der Waals surface area contributed by atoms with E-state index in [4.69, 9.17) is 23.2 Å². The van der Waals surface area contributed by atoms with E-state index in [1.807, 2.05) is 0 Å². The van der Waals surface area contributed by atoms with Crippen LogP contribution < -0.4 is 5.32 Å². The Balaban J connectivity index is 2.86. The van der Waals surface area contributed by atoms with Crippen LogP contribution in [0.5, 0.6) is 0 Å². The van der Waals surface area contributed by atoms with Crippen molar-refractivity contribution >= 4 is 34.8 Å². The van der Waals surface area contributed by atoms with Crippen LogP contribution in [0.2, 0.25) is 5.02 Å². The number of amides is 1. The highest BCUT2D eigenvalue weighted by Crippen LogP contribution is 2.19. The number of alkyl halides is 1. The summed E-state index contributed by atoms with van der Waals surface area (Å²) in [5.41, 5.74) is 0.0370. The van der Waals surface area contributed by atoms with Gasteiger partial charge in [0.15, 0.2) is 0 Å². The lowest BCUT2D eigenvalue weighted by molar-refractivity contribution is -0.115. The molecule has 0 unspecified atom stereocenters. The minimum absolute atomic E-state index is 0.0370. The van der Waals surface area contributed by atoms with Crippen LogP contribution in [0.4, 0.5) is 10.1 Å². The highest BCUT2D eigenvalue weighted by molar-refractivity contribution is 6.32. The molecule has 0 saturated heterocycles. The van der Waals surface area contributed by atoms with Gasteiger partial charge in [0, 0.05) is 5.02 Å². The predicted molar refractivity (Wildman–Crippen MR) is 55.4 cm³/mol. The summed E-state index contributed by atoms with van der Waals surface area (Å²) in [5.74, 6) is -1.01. The molecule has 5 heteroatoms. The largest absolute Gasteiger partial charge is 0.322 e. The Morgan fingerprint density at radius 3 is 2.79 bits per heavy atom. The van der Waals surface area contributed by atoms with Gasteiger partial charge in [0.2, 0.25) is 5.91 Å². The summed E-state index contributed by atoms with van der Waals surface area (Å²) in [5, 5.41) is 1.96.